The molecule has 0 radical (unpaired) electrons. The number of rotatable bonds is 1. The van der Waals surface area contributed by atoms with Crippen LogP contribution >= 0.6 is 0 Å². The maximum Gasteiger partial charge on any atom is 0.202 e. The van der Waals surface area contributed by atoms with Crippen molar-refractivity contribution in [1.29, 1.82) is 0 Å². The summed E-state index contributed by atoms with van der Waals surface area (Å²) < 4.78 is 0. The summed E-state index contributed by atoms with van der Waals surface area (Å²) in [7, 11) is 3.52. The maximum absolute atomic E-state index is 3.99. The fourth-order valence-electron chi connectivity index (χ4n) is 1.06. The molecule has 1 aromatic heterocycles. The summed E-state index contributed by atoms with van der Waals surface area (Å²) >= 11 is 0. The molecular formula is C9H9N4-. The van der Waals surface area contributed by atoms with E-state index in [-0.39, 0.29) is 0 Å². The molecule has 13 heavy (non-hydrogen) atoms. The van der Waals surface area contributed by atoms with Crippen molar-refractivity contribution in [1.82, 2.24) is 20.2 Å². The van der Waals surface area contributed by atoms with Gasteiger partial charge in [0, 0.05) is 5.56 Å². The van der Waals surface area contributed by atoms with Crippen LogP contribution in [0.4, 0.5) is 0 Å². The fourth-order valence-corrected chi connectivity index (χ4v) is 1.06. The van der Waals surface area contributed by atoms with Crippen LogP contribution < -0.4 is 0 Å². The van der Waals surface area contributed by atoms with Gasteiger partial charge in [-0.1, -0.05) is 35.0 Å². The number of hydrogen-bond acceptors (Lipinski definition) is 3. The standard InChI is InChI=1S/C9H9N4/c1-7-3-5-8(6-4-7)9-10-12-13(2)11-9/h3-6H,2H2,1H3/q-1. The minimum Gasteiger partial charge on any atom is -0.301 e. The molecule has 0 saturated heterocycles. The molecule has 0 aliphatic carbocycles. The normalized spacial score (nSPS) is 10.2. The van der Waals surface area contributed by atoms with Crippen molar-refractivity contribution in [2.75, 3.05) is 0 Å². The summed E-state index contributed by atoms with van der Waals surface area (Å²) in [4.78, 5) is 1.20. The van der Waals surface area contributed by atoms with Gasteiger partial charge in [0.1, 0.15) is 0 Å². The first-order chi connectivity index (χ1) is 6.25. The van der Waals surface area contributed by atoms with Crippen molar-refractivity contribution in [3.8, 4) is 11.4 Å². The smallest absolute Gasteiger partial charge is 0.202 e. The molecule has 0 N–H and O–H groups in total. The van der Waals surface area contributed by atoms with Crippen molar-refractivity contribution < 1.29 is 0 Å². The molecule has 2 rings (SSSR count). The van der Waals surface area contributed by atoms with Crippen molar-refractivity contribution >= 4 is 0 Å². The molecule has 0 atom stereocenters. The largest absolute Gasteiger partial charge is 0.301 e. The van der Waals surface area contributed by atoms with Crippen LogP contribution in [0.2, 0.25) is 0 Å². The molecule has 4 heteroatoms. The molecule has 2 aromatic rings. The number of benzene rings is 1. The van der Waals surface area contributed by atoms with Crippen LogP contribution in [0, 0.1) is 14.0 Å². The molecular weight excluding hydrogens is 164 g/mol. The van der Waals surface area contributed by atoms with Crippen LogP contribution in [0.15, 0.2) is 24.3 Å². The highest BCUT2D eigenvalue weighted by Crippen LogP contribution is 2.13. The van der Waals surface area contributed by atoms with E-state index in [2.05, 4.69) is 22.5 Å². The molecule has 0 spiro atoms. The Bertz CT molecular complexity index is 402. The summed E-state index contributed by atoms with van der Waals surface area (Å²) in [5.74, 6) is 0.606. The Kier molecular flexibility index (Phi) is 1.73. The van der Waals surface area contributed by atoms with E-state index in [1.165, 1.54) is 10.4 Å². The van der Waals surface area contributed by atoms with Gasteiger partial charge in [-0.15, -0.1) is 5.10 Å². The molecule has 0 fully saturated rings. The lowest BCUT2D eigenvalue weighted by molar-refractivity contribution is 0.714. The third-order valence-electron chi connectivity index (χ3n) is 1.76. The van der Waals surface area contributed by atoms with Gasteiger partial charge in [-0.05, 0) is 6.92 Å². The number of hydrogen-bond donors (Lipinski definition) is 0. The Hall–Kier alpha value is -1.84. The third kappa shape index (κ3) is 1.51. The lowest BCUT2D eigenvalue weighted by Gasteiger charge is -1.95. The van der Waals surface area contributed by atoms with Crippen LogP contribution in [0.3, 0.4) is 0 Å². The first-order valence-electron chi connectivity index (χ1n) is 3.93. The second kappa shape index (κ2) is 2.90. The first-order valence-corrected chi connectivity index (χ1v) is 3.93. The van der Waals surface area contributed by atoms with Crippen LogP contribution in [0.25, 0.3) is 11.4 Å². The van der Waals surface area contributed by atoms with Gasteiger partial charge in [0.25, 0.3) is 0 Å². The molecule has 4 nitrogen and oxygen atoms in total. The molecule has 0 aliphatic heterocycles. The zero-order valence-corrected chi connectivity index (χ0v) is 7.31. The number of nitrogens with zero attached hydrogens (tertiary/aromatic N) is 4. The van der Waals surface area contributed by atoms with Crippen molar-refractivity contribution in [2.24, 2.45) is 0 Å². The highest BCUT2D eigenvalue weighted by molar-refractivity contribution is 5.53. The van der Waals surface area contributed by atoms with Gasteiger partial charge < -0.3 is 4.80 Å². The fraction of sp³-hybridized carbons (Fsp3) is 0.111. The van der Waals surface area contributed by atoms with Crippen LogP contribution in [-0.2, 0) is 0 Å². The summed E-state index contributed by atoms with van der Waals surface area (Å²) in [6.07, 6.45) is 0. The number of tetrazole rings is 1. The van der Waals surface area contributed by atoms with Gasteiger partial charge >= 0.3 is 0 Å². The average Bonchev–Trinajstić information content (AvgIpc) is 2.53. The van der Waals surface area contributed by atoms with E-state index in [0.717, 1.165) is 5.56 Å². The van der Waals surface area contributed by atoms with Crippen molar-refractivity contribution in [3.05, 3.63) is 36.9 Å². The van der Waals surface area contributed by atoms with E-state index < -0.39 is 0 Å². The molecule has 0 saturated carbocycles. The van der Waals surface area contributed by atoms with E-state index in [0.29, 0.717) is 5.82 Å². The number of aryl methyl sites for hydroxylation is 1. The minimum absolute atomic E-state index is 0.606. The predicted molar refractivity (Wildman–Crippen MR) is 48.7 cm³/mol. The van der Waals surface area contributed by atoms with Crippen LogP contribution in [-0.4, -0.2) is 20.2 Å². The Balaban J connectivity index is 2.41. The Morgan fingerprint density at radius 3 is 2.46 bits per heavy atom. The predicted octanol–water partition coefficient (Wildman–Crippen LogP) is 1.29. The lowest BCUT2D eigenvalue weighted by atomic mass is 10.1. The number of aromatic nitrogens is 4. The maximum atomic E-state index is 3.99. The van der Waals surface area contributed by atoms with E-state index in [1.807, 2.05) is 31.2 Å². The topological polar surface area (TPSA) is 43.6 Å². The van der Waals surface area contributed by atoms with E-state index in [1.54, 1.807) is 0 Å². The van der Waals surface area contributed by atoms with Gasteiger partial charge in [-0.25, -0.2) is 0 Å². The summed E-state index contributed by atoms with van der Waals surface area (Å²) in [6, 6.07) is 7.96. The molecule has 0 amide bonds. The van der Waals surface area contributed by atoms with Gasteiger partial charge in [-0.2, -0.15) is 5.10 Å². The highest BCUT2D eigenvalue weighted by Gasteiger charge is 2.00. The molecule has 0 aliphatic rings. The van der Waals surface area contributed by atoms with Crippen LogP contribution in [0.5, 0.6) is 0 Å². The average molecular weight is 173 g/mol. The second-order valence-corrected chi connectivity index (χ2v) is 2.85. The quantitative estimate of drug-likeness (QED) is 0.610. The SMILES string of the molecule is [CH2-]n1nnc(-c2ccc(C)cc2)n1. The lowest BCUT2D eigenvalue weighted by Crippen LogP contribution is -1.89. The molecule has 66 valence electrons. The highest BCUT2D eigenvalue weighted by atomic mass is 15.6. The van der Waals surface area contributed by atoms with Crippen molar-refractivity contribution in [2.45, 2.75) is 6.92 Å². The van der Waals surface area contributed by atoms with E-state index in [9.17, 15) is 0 Å². The van der Waals surface area contributed by atoms with Gasteiger partial charge in [0.15, 0.2) is 0 Å². The molecule has 0 bridgehead atoms. The van der Waals surface area contributed by atoms with Crippen LogP contribution in [0.1, 0.15) is 5.56 Å². The second-order valence-electron chi connectivity index (χ2n) is 2.85. The minimum atomic E-state index is 0.606. The van der Waals surface area contributed by atoms with E-state index >= 15 is 0 Å². The summed E-state index contributed by atoms with van der Waals surface area (Å²) in [5, 5.41) is 11.5. The zero-order chi connectivity index (χ0) is 9.26. The molecule has 0 unspecified atom stereocenters. The third-order valence-corrected chi connectivity index (χ3v) is 1.76. The Morgan fingerprint density at radius 2 is 1.92 bits per heavy atom. The molecule has 1 heterocycles. The summed E-state index contributed by atoms with van der Waals surface area (Å²) in [6.45, 7) is 2.04. The molecule has 1 aromatic carbocycles. The Labute approximate surface area is 76.2 Å². The van der Waals surface area contributed by atoms with Crippen molar-refractivity contribution in [3.63, 3.8) is 0 Å². The van der Waals surface area contributed by atoms with Gasteiger partial charge in [0.2, 0.25) is 5.82 Å². The van der Waals surface area contributed by atoms with E-state index in [4.69, 9.17) is 0 Å². The monoisotopic (exact) mass is 173 g/mol. The Morgan fingerprint density at radius 1 is 1.23 bits per heavy atom. The van der Waals surface area contributed by atoms with Gasteiger partial charge in [-0.3, -0.25) is 7.05 Å². The van der Waals surface area contributed by atoms with Gasteiger partial charge in [0.05, 0.1) is 0 Å². The zero-order valence-electron chi connectivity index (χ0n) is 7.31. The summed E-state index contributed by atoms with van der Waals surface area (Å²) in [5.41, 5.74) is 2.17. The first kappa shape index (κ1) is 7.79.